The molecule has 0 saturated carbocycles. The van der Waals surface area contributed by atoms with Crippen LogP contribution in [-0.2, 0) is 11.2 Å². The Kier molecular flexibility index (Phi) is 4.52. The van der Waals surface area contributed by atoms with Gasteiger partial charge in [0.15, 0.2) is 0 Å². The lowest BCUT2D eigenvalue weighted by Gasteiger charge is -2.25. The van der Waals surface area contributed by atoms with E-state index in [9.17, 15) is 4.79 Å². The van der Waals surface area contributed by atoms with Gasteiger partial charge in [0.25, 0.3) is 0 Å². The van der Waals surface area contributed by atoms with Crippen LogP contribution in [0.5, 0.6) is 5.75 Å². The molecule has 1 aromatic carbocycles. The van der Waals surface area contributed by atoms with E-state index in [4.69, 9.17) is 10.2 Å². The summed E-state index contributed by atoms with van der Waals surface area (Å²) in [5.41, 5.74) is 0.447. The van der Waals surface area contributed by atoms with Crippen LogP contribution in [0.15, 0.2) is 24.3 Å². The standard InChI is InChI=1S/C13H19NO3/c1-13(2,7-8-15)14-12(17)9-10-3-5-11(16)6-4-10/h3-6,15-16H,7-9H2,1-2H3,(H,14,17). The predicted octanol–water partition coefficient (Wildman–Crippen LogP) is 1.21. The molecule has 94 valence electrons. The van der Waals surface area contributed by atoms with Crippen LogP contribution in [0.2, 0.25) is 0 Å². The number of nitrogens with one attached hydrogen (secondary N) is 1. The van der Waals surface area contributed by atoms with Gasteiger partial charge in [0.1, 0.15) is 5.75 Å². The number of hydrogen-bond donors (Lipinski definition) is 3. The van der Waals surface area contributed by atoms with Gasteiger partial charge in [0.05, 0.1) is 6.42 Å². The van der Waals surface area contributed by atoms with Crippen molar-refractivity contribution >= 4 is 5.91 Å². The largest absolute Gasteiger partial charge is 0.508 e. The zero-order valence-corrected chi connectivity index (χ0v) is 10.2. The second kappa shape index (κ2) is 5.68. The van der Waals surface area contributed by atoms with Crippen LogP contribution in [-0.4, -0.2) is 28.3 Å². The van der Waals surface area contributed by atoms with Gasteiger partial charge in [-0.1, -0.05) is 12.1 Å². The zero-order chi connectivity index (χ0) is 12.9. The molecule has 0 atom stereocenters. The molecule has 0 heterocycles. The minimum Gasteiger partial charge on any atom is -0.508 e. The Hall–Kier alpha value is -1.55. The number of aromatic hydroxyl groups is 1. The van der Waals surface area contributed by atoms with E-state index in [0.29, 0.717) is 6.42 Å². The van der Waals surface area contributed by atoms with Crippen molar-refractivity contribution in [2.24, 2.45) is 0 Å². The number of carbonyl (C=O) groups is 1. The summed E-state index contributed by atoms with van der Waals surface area (Å²) < 4.78 is 0. The summed E-state index contributed by atoms with van der Waals surface area (Å²) in [6, 6.07) is 6.55. The fourth-order valence-electron chi connectivity index (χ4n) is 1.56. The third kappa shape index (κ3) is 4.87. The Morgan fingerprint density at radius 2 is 1.88 bits per heavy atom. The smallest absolute Gasteiger partial charge is 0.224 e. The SMILES string of the molecule is CC(C)(CCO)NC(=O)Cc1ccc(O)cc1. The monoisotopic (exact) mass is 237 g/mol. The molecule has 0 fully saturated rings. The van der Waals surface area contributed by atoms with Gasteiger partial charge in [-0.15, -0.1) is 0 Å². The van der Waals surface area contributed by atoms with Crippen molar-refractivity contribution in [3.8, 4) is 5.75 Å². The maximum absolute atomic E-state index is 11.7. The molecule has 4 heteroatoms. The third-order valence-corrected chi connectivity index (χ3v) is 2.52. The number of carbonyl (C=O) groups excluding carboxylic acids is 1. The van der Waals surface area contributed by atoms with Crippen LogP contribution in [0, 0.1) is 0 Å². The topological polar surface area (TPSA) is 69.6 Å². The number of phenolic OH excluding ortho intramolecular Hbond substituents is 1. The fourth-order valence-corrected chi connectivity index (χ4v) is 1.56. The summed E-state index contributed by atoms with van der Waals surface area (Å²) in [6.07, 6.45) is 0.795. The molecule has 1 rings (SSSR count). The molecule has 0 aromatic heterocycles. The Morgan fingerprint density at radius 3 is 2.41 bits per heavy atom. The maximum atomic E-state index is 11.7. The van der Waals surface area contributed by atoms with Crippen molar-refractivity contribution in [3.05, 3.63) is 29.8 Å². The number of benzene rings is 1. The van der Waals surface area contributed by atoms with E-state index in [2.05, 4.69) is 5.32 Å². The number of phenols is 1. The molecule has 0 unspecified atom stereocenters. The quantitative estimate of drug-likeness (QED) is 0.721. The van der Waals surface area contributed by atoms with E-state index in [1.807, 2.05) is 13.8 Å². The molecule has 4 nitrogen and oxygen atoms in total. The Balaban J connectivity index is 2.52. The van der Waals surface area contributed by atoms with Crippen molar-refractivity contribution in [1.29, 1.82) is 0 Å². The zero-order valence-electron chi connectivity index (χ0n) is 10.2. The first-order valence-corrected chi connectivity index (χ1v) is 5.63. The summed E-state index contributed by atoms with van der Waals surface area (Å²) >= 11 is 0. The minimum absolute atomic E-state index is 0.0481. The van der Waals surface area contributed by atoms with Gasteiger partial charge in [0, 0.05) is 12.1 Å². The van der Waals surface area contributed by atoms with Gasteiger partial charge < -0.3 is 15.5 Å². The van der Waals surface area contributed by atoms with Gasteiger partial charge in [0.2, 0.25) is 5.91 Å². The van der Waals surface area contributed by atoms with Crippen LogP contribution in [0.25, 0.3) is 0 Å². The number of aliphatic hydroxyl groups is 1. The Labute approximate surface area is 101 Å². The molecule has 0 spiro atoms. The van der Waals surface area contributed by atoms with Crippen molar-refractivity contribution in [2.45, 2.75) is 32.2 Å². The lowest BCUT2D eigenvalue weighted by Crippen LogP contribution is -2.44. The lowest BCUT2D eigenvalue weighted by molar-refractivity contribution is -0.122. The summed E-state index contributed by atoms with van der Waals surface area (Å²) in [6.45, 7) is 3.79. The summed E-state index contributed by atoms with van der Waals surface area (Å²) in [5.74, 6) is 0.101. The highest BCUT2D eigenvalue weighted by atomic mass is 16.3. The van der Waals surface area contributed by atoms with E-state index >= 15 is 0 Å². The van der Waals surface area contributed by atoms with Crippen molar-refractivity contribution in [1.82, 2.24) is 5.32 Å². The number of aliphatic hydroxyl groups excluding tert-OH is 1. The van der Waals surface area contributed by atoms with Gasteiger partial charge in [-0.05, 0) is 38.0 Å². The molecular weight excluding hydrogens is 218 g/mol. The molecular formula is C13H19NO3. The van der Waals surface area contributed by atoms with Crippen LogP contribution >= 0.6 is 0 Å². The molecule has 0 aliphatic heterocycles. The summed E-state index contributed by atoms with van der Waals surface area (Å²) in [5, 5.41) is 20.8. The first-order valence-electron chi connectivity index (χ1n) is 5.63. The van der Waals surface area contributed by atoms with Gasteiger partial charge >= 0.3 is 0 Å². The molecule has 1 amide bonds. The number of amides is 1. The van der Waals surface area contributed by atoms with Crippen LogP contribution in [0.4, 0.5) is 0 Å². The summed E-state index contributed by atoms with van der Waals surface area (Å²) in [7, 11) is 0. The Bertz CT molecular complexity index is 371. The number of rotatable bonds is 5. The minimum atomic E-state index is -0.400. The van der Waals surface area contributed by atoms with Gasteiger partial charge in [-0.2, -0.15) is 0 Å². The average molecular weight is 237 g/mol. The normalized spacial score (nSPS) is 11.2. The molecule has 0 saturated heterocycles. The lowest BCUT2D eigenvalue weighted by atomic mass is 10.0. The first kappa shape index (κ1) is 13.5. The summed E-state index contributed by atoms with van der Waals surface area (Å²) in [4.78, 5) is 11.7. The molecule has 0 aliphatic rings. The van der Waals surface area contributed by atoms with Gasteiger partial charge in [-0.25, -0.2) is 0 Å². The molecule has 3 N–H and O–H groups in total. The highest BCUT2D eigenvalue weighted by Gasteiger charge is 2.19. The van der Waals surface area contributed by atoms with E-state index in [1.54, 1.807) is 24.3 Å². The van der Waals surface area contributed by atoms with Crippen molar-refractivity contribution in [3.63, 3.8) is 0 Å². The van der Waals surface area contributed by atoms with Crippen LogP contribution < -0.4 is 5.32 Å². The second-order valence-electron chi connectivity index (χ2n) is 4.75. The molecule has 17 heavy (non-hydrogen) atoms. The van der Waals surface area contributed by atoms with E-state index in [-0.39, 0.29) is 24.7 Å². The molecule has 1 aromatic rings. The Morgan fingerprint density at radius 1 is 1.29 bits per heavy atom. The molecule has 0 radical (unpaired) electrons. The van der Waals surface area contributed by atoms with Crippen molar-refractivity contribution in [2.75, 3.05) is 6.61 Å². The van der Waals surface area contributed by atoms with Gasteiger partial charge in [-0.3, -0.25) is 4.79 Å². The highest BCUT2D eigenvalue weighted by molar-refractivity contribution is 5.79. The predicted molar refractivity (Wildman–Crippen MR) is 65.7 cm³/mol. The van der Waals surface area contributed by atoms with Crippen LogP contribution in [0.3, 0.4) is 0 Å². The maximum Gasteiger partial charge on any atom is 0.224 e. The highest BCUT2D eigenvalue weighted by Crippen LogP contribution is 2.11. The van der Waals surface area contributed by atoms with Crippen LogP contribution in [0.1, 0.15) is 25.8 Å². The van der Waals surface area contributed by atoms with E-state index in [1.165, 1.54) is 0 Å². The fraction of sp³-hybridized carbons (Fsp3) is 0.462. The average Bonchev–Trinajstić information content (AvgIpc) is 2.20. The van der Waals surface area contributed by atoms with E-state index in [0.717, 1.165) is 5.56 Å². The molecule has 0 aliphatic carbocycles. The number of hydrogen-bond acceptors (Lipinski definition) is 3. The first-order chi connectivity index (χ1) is 7.93. The van der Waals surface area contributed by atoms with E-state index < -0.39 is 5.54 Å². The van der Waals surface area contributed by atoms with Crippen molar-refractivity contribution < 1.29 is 15.0 Å². The third-order valence-electron chi connectivity index (χ3n) is 2.52. The molecule has 0 bridgehead atoms. The second-order valence-corrected chi connectivity index (χ2v) is 4.75.